The van der Waals surface area contributed by atoms with Crippen LogP contribution in [0.2, 0.25) is 0 Å². The Morgan fingerprint density at radius 2 is 1.88 bits per heavy atom. The van der Waals surface area contributed by atoms with Crippen LogP contribution in [0, 0.1) is 0 Å². The van der Waals surface area contributed by atoms with Crippen molar-refractivity contribution in [3.8, 4) is 11.4 Å². The van der Waals surface area contributed by atoms with Gasteiger partial charge >= 0.3 is 0 Å². The van der Waals surface area contributed by atoms with Gasteiger partial charge in [-0.3, -0.25) is 4.98 Å². The Labute approximate surface area is 145 Å². The van der Waals surface area contributed by atoms with Crippen LogP contribution in [0.4, 0.5) is 5.95 Å². The zero-order valence-electron chi connectivity index (χ0n) is 13.8. The number of pyridine rings is 1. The van der Waals surface area contributed by atoms with Crippen LogP contribution in [-0.4, -0.2) is 30.6 Å². The summed E-state index contributed by atoms with van der Waals surface area (Å²) in [5.41, 5.74) is 2.66. The Kier molecular flexibility index (Phi) is 3.33. The van der Waals surface area contributed by atoms with E-state index in [1.54, 1.807) is 12.4 Å². The first-order valence-corrected chi connectivity index (χ1v) is 8.71. The summed E-state index contributed by atoms with van der Waals surface area (Å²) < 4.78 is 1.84. The molecule has 0 aliphatic heterocycles. The first kappa shape index (κ1) is 14.3. The molecule has 6 heteroatoms. The summed E-state index contributed by atoms with van der Waals surface area (Å²) in [6.45, 7) is 0. The highest BCUT2D eigenvalue weighted by Crippen LogP contribution is 2.26. The van der Waals surface area contributed by atoms with Gasteiger partial charge in [-0.25, -0.2) is 9.97 Å². The minimum Gasteiger partial charge on any atom is -0.351 e. The second-order valence-electron chi connectivity index (χ2n) is 6.49. The molecule has 0 radical (unpaired) electrons. The second kappa shape index (κ2) is 5.81. The van der Waals surface area contributed by atoms with Gasteiger partial charge in [0, 0.05) is 29.4 Å². The van der Waals surface area contributed by atoms with Crippen molar-refractivity contribution in [3.63, 3.8) is 0 Å². The highest BCUT2D eigenvalue weighted by molar-refractivity contribution is 5.92. The number of anilines is 1. The van der Waals surface area contributed by atoms with E-state index < -0.39 is 0 Å². The molecule has 3 aromatic heterocycles. The molecule has 0 amide bonds. The van der Waals surface area contributed by atoms with Crippen LogP contribution >= 0.6 is 0 Å². The topological polar surface area (TPSA) is 68.0 Å². The molecule has 1 aromatic carbocycles. The molecule has 124 valence electrons. The fraction of sp³-hybridized carbons (Fsp3) is 0.263. The zero-order valence-corrected chi connectivity index (χ0v) is 13.8. The van der Waals surface area contributed by atoms with Gasteiger partial charge in [0.1, 0.15) is 0 Å². The fourth-order valence-electron chi connectivity index (χ4n) is 3.52. The Morgan fingerprint density at radius 1 is 1.00 bits per heavy atom. The standard InChI is InChI=1S/C19H18N6/c1-2-8-14(7-1)21-19-22-16-10-4-3-9-15(16)18-23-17(24-25(18)19)13-6-5-11-20-12-13/h3-6,9-12,14H,1-2,7-8H2,(H,21,22). The molecule has 0 spiro atoms. The number of para-hydroxylation sites is 1. The van der Waals surface area contributed by atoms with Crippen molar-refractivity contribution in [1.82, 2.24) is 24.6 Å². The largest absolute Gasteiger partial charge is 0.351 e. The third kappa shape index (κ3) is 2.50. The molecule has 1 saturated carbocycles. The third-order valence-corrected chi connectivity index (χ3v) is 4.79. The van der Waals surface area contributed by atoms with Gasteiger partial charge in [-0.15, -0.1) is 5.10 Å². The van der Waals surface area contributed by atoms with Gasteiger partial charge in [0.2, 0.25) is 5.95 Å². The lowest BCUT2D eigenvalue weighted by Gasteiger charge is -2.14. The quantitative estimate of drug-likeness (QED) is 0.620. The van der Waals surface area contributed by atoms with E-state index >= 15 is 0 Å². The molecule has 1 aliphatic carbocycles. The molecule has 1 aliphatic rings. The molecule has 0 atom stereocenters. The fourth-order valence-corrected chi connectivity index (χ4v) is 3.52. The first-order valence-electron chi connectivity index (χ1n) is 8.71. The lowest BCUT2D eigenvalue weighted by Crippen LogP contribution is -2.18. The Hall–Kier alpha value is -3.02. The summed E-state index contributed by atoms with van der Waals surface area (Å²) in [7, 11) is 0. The normalized spacial score (nSPS) is 15.2. The monoisotopic (exact) mass is 330 g/mol. The summed E-state index contributed by atoms with van der Waals surface area (Å²) in [5, 5.41) is 9.29. The van der Waals surface area contributed by atoms with Gasteiger partial charge in [-0.05, 0) is 37.1 Å². The smallest absolute Gasteiger partial charge is 0.226 e. The molecule has 0 bridgehead atoms. The average Bonchev–Trinajstić information content (AvgIpc) is 3.32. The summed E-state index contributed by atoms with van der Waals surface area (Å²) in [5.74, 6) is 1.43. The maximum atomic E-state index is 4.81. The van der Waals surface area contributed by atoms with Crippen molar-refractivity contribution in [3.05, 3.63) is 48.8 Å². The molecule has 6 nitrogen and oxygen atoms in total. The predicted octanol–water partition coefficient (Wildman–Crippen LogP) is 3.69. The van der Waals surface area contributed by atoms with Crippen molar-refractivity contribution in [1.29, 1.82) is 0 Å². The van der Waals surface area contributed by atoms with Crippen molar-refractivity contribution >= 4 is 22.5 Å². The summed E-state index contributed by atoms with van der Waals surface area (Å²) in [6.07, 6.45) is 8.44. The molecule has 3 heterocycles. The van der Waals surface area contributed by atoms with Crippen LogP contribution in [0.5, 0.6) is 0 Å². The van der Waals surface area contributed by atoms with Gasteiger partial charge < -0.3 is 5.32 Å². The lowest BCUT2D eigenvalue weighted by atomic mass is 10.2. The van der Waals surface area contributed by atoms with E-state index in [1.807, 2.05) is 40.9 Å². The Balaban J connectivity index is 1.72. The van der Waals surface area contributed by atoms with E-state index in [2.05, 4.69) is 10.3 Å². The number of nitrogens with zero attached hydrogens (tertiary/aromatic N) is 5. The molecule has 1 fully saturated rings. The van der Waals surface area contributed by atoms with Crippen LogP contribution in [-0.2, 0) is 0 Å². The van der Waals surface area contributed by atoms with E-state index in [0.717, 1.165) is 28.1 Å². The molecule has 25 heavy (non-hydrogen) atoms. The van der Waals surface area contributed by atoms with E-state index in [9.17, 15) is 0 Å². The van der Waals surface area contributed by atoms with E-state index in [4.69, 9.17) is 15.1 Å². The van der Waals surface area contributed by atoms with Crippen molar-refractivity contribution in [2.75, 3.05) is 5.32 Å². The van der Waals surface area contributed by atoms with Crippen molar-refractivity contribution in [2.24, 2.45) is 0 Å². The van der Waals surface area contributed by atoms with E-state index in [0.29, 0.717) is 11.9 Å². The number of hydrogen-bond donors (Lipinski definition) is 1. The molecule has 4 aromatic rings. The maximum absolute atomic E-state index is 4.81. The summed E-state index contributed by atoms with van der Waals surface area (Å²) in [4.78, 5) is 13.8. The van der Waals surface area contributed by atoms with Crippen LogP contribution in [0.15, 0.2) is 48.8 Å². The number of fused-ring (bicyclic) bond motifs is 3. The highest BCUT2D eigenvalue weighted by Gasteiger charge is 2.19. The van der Waals surface area contributed by atoms with Crippen LogP contribution in [0.25, 0.3) is 27.9 Å². The zero-order chi connectivity index (χ0) is 16.6. The average molecular weight is 330 g/mol. The molecular formula is C19H18N6. The number of nitrogens with one attached hydrogen (secondary N) is 1. The second-order valence-corrected chi connectivity index (χ2v) is 6.49. The maximum Gasteiger partial charge on any atom is 0.226 e. The van der Waals surface area contributed by atoms with Gasteiger partial charge in [0.25, 0.3) is 0 Å². The molecule has 0 saturated heterocycles. The van der Waals surface area contributed by atoms with Crippen LogP contribution in [0.1, 0.15) is 25.7 Å². The number of hydrogen-bond acceptors (Lipinski definition) is 5. The van der Waals surface area contributed by atoms with Gasteiger partial charge in [0.05, 0.1) is 5.52 Å². The first-order chi connectivity index (χ1) is 12.4. The number of aromatic nitrogens is 5. The molecule has 5 rings (SSSR count). The van der Waals surface area contributed by atoms with Gasteiger partial charge in [-0.2, -0.15) is 4.52 Å². The SMILES string of the molecule is c1cncc(-c2nc3c4ccccc4nc(NC4CCCC4)n3n2)c1. The van der Waals surface area contributed by atoms with Crippen LogP contribution in [0.3, 0.4) is 0 Å². The summed E-state index contributed by atoms with van der Waals surface area (Å²) >= 11 is 0. The number of benzene rings is 1. The minimum atomic E-state index is 0.461. The lowest BCUT2D eigenvalue weighted by molar-refractivity contribution is 0.734. The van der Waals surface area contributed by atoms with Crippen LogP contribution < -0.4 is 5.32 Å². The van der Waals surface area contributed by atoms with Crippen molar-refractivity contribution in [2.45, 2.75) is 31.7 Å². The van der Waals surface area contributed by atoms with E-state index in [1.165, 1.54) is 25.7 Å². The molecule has 1 N–H and O–H groups in total. The van der Waals surface area contributed by atoms with Gasteiger partial charge in [0.15, 0.2) is 11.5 Å². The Morgan fingerprint density at radius 3 is 2.72 bits per heavy atom. The Bertz CT molecular complexity index is 1030. The molecular weight excluding hydrogens is 312 g/mol. The molecule has 0 unspecified atom stereocenters. The predicted molar refractivity (Wildman–Crippen MR) is 97.4 cm³/mol. The summed E-state index contributed by atoms with van der Waals surface area (Å²) in [6, 6.07) is 12.4. The highest BCUT2D eigenvalue weighted by atomic mass is 15.4. The van der Waals surface area contributed by atoms with Crippen molar-refractivity contribution < 1.29 is 0 Å². The number of rotatable bonds is 3. The minimum absolute atomic E-state index is 0.461. The third-order valence-electron chi connectivity index (χ3n) is 4.79. The van der Waals surface area contributed by atoms with E-state index in [-0.39, 0.29) is 0 Å². The van der Waals surface area contributed by atoms with Gasteiger partial charge in [-0.1, -0.05) is 25.0 Å².